The zero-order chi connectivity index (χ0) is 98.3. The van der Waals surface area contributed by atoms with Crippen LogP contribution in [0.5, 0.6) is 0 Å². The normalized spacial score (nSPS) is 10.9. The summed E-state index contributed by atoms with van der Waals surface area (Å²) in [5.74, 6) is -2.12. The van der Waals surface area contributed by atoms with Gasteiger partial charge in [0, 0.05) is 59.2 Å². The summed E-state index contributed by atoms with van der Waals surface area (Å²) in [4.78, 5) is 65.2. The standard InChI is InChI=1S/C23H26N2O3.2C17H14N2O3.C16H11ClN2O3.C16H11IN2O3.C15H9FN2O3/c1-22(2,3)17-11-16(12-18(13-17)23(4,5)6)20-25-24-19(28-20)14-7-9-15(10-8-14)21(26)27;1-10-4-3-5-14(11(10)2)16-19-18-15(22-16)12-6-8-13(9-7-12)17(20)21;1-10-4-3-5-11(2)14(10)16-19-18-15(22-16)12-6-8-13(9-7-12)17(20)21;1-9-3-2-4-12(13(9)17)15-19-18-14(22-15)10-5-7-11(8-6-10)16(20)21;1-9-2-3-12(8-13(9)17)15-19-18-14(22-15)10-4-6-11(7-5-10)16(20)21;16-12-4-2-1-3-11(12)14-18-17-13(21-14)9-5-7-10(8-6-9)15(19)20/h7-13H,1-6H3,(H,26,27);2*3-9H,1-2H3,(H,20,21);2*2-8H,1H3,(H,20,21);1-8H,(H,19,20). The van der Waals surface area contributed by atoms with Crippen LogP contribution >= 0.6 is 34.2 Å². The van der Waals surface area contributed by atoms with Gasteiger partial charge in [0.25, 0.3) is 5.89 Å². The first-order valence-corrected chi connectivity index (χ1v) is 43.4. The highest BCUT2D eigenvalue weighted by Crippen LogP contribution is 2.38. The van der Waals surface area contributed by atoms with Gasteiger partial charge in [-0.1, -0.05) is 120 Å². The molecule has 0 saturated heterocycles. The zero-order valence-electron chi connectivity index (χ0n) is 75.4. The minimum Gasteiger partial charge on any atom is -0.478 e. The molecule has 0 atom stereocenters. The molecule has 18 rings (SSSR count). The summed E-state index contributed by atoms with van der Waals surface area (Å²) in [5, 5.41) is 102. The maximum atomic E-state index is 13.6. The number of benzene rings is 12. The van der Waals surface area contributed by atoms with Crippen molar-refractivity contribution in [2.75, 3.05) is 0 Å². The number of hydrogen-bond acceptors (Lipinski definition) is 24. The van der Waals surface area contributed by atoms with Crippen molar-refractivity contribution in [3.05, 3.63) is 353 Å². The summed E-state index contributed by atoms with van der Waals surface area (Å²) < 4.78 is 48.9. The van der Waals surface area contributed by atoms with E-state index < -0.39 is 41.6 Å². The van der Waals surface area contributed by atoms with Gasteiger partial charge in [-0.2, -0.15) is 0 Å². The first-order chi connectivity index (χ1) is 65.3. The van der Waals surface area contributed by atoms with Gasteiger partial charge in [0.1, 0.15) is 5.82 Å². The second kappa shape index (κ2) is 42.9. The molecule has 12 aromatic carbocycles. The van der Waals surface area contributed by atoms with Crippen molar-refractivity contribution in [1.82, 2.24) is 61.2 Å². The monoisotopic (exact) mass is 1970 g/mol. The Bertz CT molecular complexity index is 7230. The molecule has 0 aliphatic heterocycles. The van der Waals surface area contributed by atoms with Crippen molar-refractivity contribution in [2.24, 2.45) is 0 Å². The van der Waals surface area contributed by atoms with Crippen LogP contribution in [0.1, 0.15) is 148 Å². The molecule has 0 fully saturated rings. The Kier molecular flexibility index (Phi) is 30.6. The number of carboxylic acids is 6. The number of carbonyl (C=O) groups is 6. The fourth-order valence-corrected chi connectivity index (χ4v) is 13.9. The van der Waals surface area contributed by atoms with Crippen LogP contribution in [0.2, 0.25) is 5.02 Å². The Morgan fingerprint density at radius 1 is 0.270 bits per heavy atom. The minimum atomic E-state index is -1.01. The van der Waals surface area contributed by atoms with E-state index in [2.05, 4.69) is 144 Å². The third-order valence-electron chi connectivity index (χ3n) is 21.2. The van der Waals surface area contributed by atoms with E-state index in [9.17, 15) is 33.2 Å². The Balaban J connectivity index is 0.000000139. The number of aromatic carboxylic acids is 6. The van der Waals surface area contributed by atoms with E-state index in [1.807, 2.05) is 108 Å². The van der Waals surface area contributed by atoms with Crippen LogP contribution in [0.3, 0.4) is 0 Å². The van der Waals surface area contributed by atoms with Gasteiger partial charge >= 0.3 is 35.8 Å². The van der Waals surface area contributed by atoms with Gasteiger partial charge < -0.3 is 57.1 Å². The predicted octanol–water partition coefficient (Wildman–Crippen LogP) is 24.5. The molecule has 0 bridgehead atoms. The lowest BCUT2D eigenvalue weighted by molar-refractivity contribution is 0.0686. The van der Waals surface area contributed by atoms with Crippen LogP contribution < -0.4 is 0 Å². The molecule has 0 saturated carbocycles. The Labute approximate surface area is 800 Å². The van der Waals surface area contributed by atoms with Crippen molar-refractivity contribution in [3.8, 4) is 137 Å². The molecular formula is C104H85ClFIN12O18. The smallest absolute Gasteiger partial charge is 0.335 e. The van der Waals surface area contributed by atoms with Crippen molar-refractivity contribution < 1.29 is 90.3 Å². The number of hydrogen-bond donors (Lipinski definition) is 6. The highest BCUT2D eigenvalue weighted by molar-refractivity contribution is 14.1. The highest BCUT2D eigenvalue weighted by Gasteiger charge is 2.26. The molecule has 0 unspecified atom stereocenters. The second-order valence-electron chi connectivity index (χ2n) is 33.0. The summed E-state index contributed by atoms with van der Waals surface area (Å²) in [6, 6.07) is 73.5. The molecule has 6 N–H and O–H groups in total. The molecule has 137 heavy (non-hydrogen) atoms. The topological polar surface area (TPSA) is 457 Å². The number of carboxylic acid groups (broad SMARTS) is 6. The average Bonchev–Trinajstić information content (AvgIpc) is 1.44. The number of aryl methyl sites for hydroxylation is 5. The van der Waals surface area contributed by atoms with Gasteiger partial charge in [0.2, 0.25) is 64.8 Å². The molecule has 690 valence electrons. The van der Waals surface area contributed by atoms with Crippen LogP contribution in [-0.4, -0.2) is 128 Å². The van der Waals surface area contributed by atoms with Crippen molar-refractivity contribution >= 4 is 70.0 Å². The van der Waals surface area contributed by atoms with Gasteiger partial charge in [-0.15, -0.1) is 61.2 Å². The van der Waals surface area contributed by atoms with E-state index in [-0.39, 0.29) is 61.6 Å². The quantitative estimate of drug-likeness (QED) is 0.0434. The number of rotatable bonds is 18. The molecule has 0 aliphatic carbocycles. The van der Waals surface area contributed by atoms with E-state index >= 15 is 0 Å². The predicted molar refractivity (Wildman–Crippen MR) is 516 cm³/mol. The van der Waals surface area contributed by atoms with E-state index in [1.165, 1.54) is 95.6 Å². The molecular weight excluding hydrogens is 1890 g/mol. The van der Waals surface area contributed by atoms with Crippen LogP contribution in [0.25, 0.3) is 137 Å². The lowest BCUT2D eigenvalue weighted by atomic mass is 9.79. The van der Waals surface area contributed by atoms with Gasteiger partial charge in [0.15, 0.2) is 0 Å². The van der Waals surface area contributed by atoms with E-state index in [1.54, 1.807) is 97.1 Å². The summed E-state index contributed by atoms with van der Waals surface area (Å²) in [5.41, 5.74) is 18.6. The fraction of sp³-hybridized carbons (Fsp3) is 0.135. The van der Waals surface area contributed by atoms with Gasteiger partial charge in [-0.05, 0) is 314 Å². The molecule has 30 nitrogen and oxygen atoms in total. The van der Waals surface area contributed by atoms with Crippen LogP contribution in [0.4, 0.5) is 4.39 Å². The van der Waals surface area contributed by atoms with E-state index in [0.717, 1.165) is 53.6 Å². The lowest BCUT2D eigenvalue weighted by Crippen LogP contribution is -2.16. The fourth-order valence-electron chi connectivity index (χ4n) is 13.2. The molecule has 33 heteroatoms. The van der Waals surface area contributed by atoms with E-state index in [0.29, 0.717) is 103 Å². The average molecular weight is 1970 g/mol. The lowest BCUT2D eigenvalue weighted by Gasteiger charge is -2.25. The molecule has 0 radical (unpaired) electrons. The van der Waals surface area contributed by atoms with Crippen LogP contribution in [-0.2, 0) is 10.8 Å². The Morgan fingerprint density at radius 2 is 0.526 bits per heavy atom. The largest absolute Gasteiger partial charge is 0.478 e. The number of nitrogens with zero attached hydrogens (tertiary/aromatic N) is 12. The first kappa shape index (κ1) is 97.8. The van der Waals surface area contributed by atoms with Crippen molar-refractivity contribution in [2.45, 2.75) is 93.9 Å². The Morgan fingerprint density at radius 3 is 0.861 bits per heavy atom. The van der Waals surface area contributed by atoms with E-state index in [4.69, 9.17) is 68.7 Å². The molecule has 0 amide bonds. The second-order valence-corrected chi connectivity index (χ2v) is 34.5. The summed E-state index contributed by atoms with van der Waals surface area (Å²) in [7, 11) is 0. The molecule has 0 aliphatic rings. The van der Waals surface area contributed by atoms with Gasteiger partial charge in [-0.25, -0.2) is 33.2 Å². The third kappa shape index (κ3) is 24.4. The summed E-state index contributed by atoms with van der Waals surface area (Å²) in [6.07, 6.45) is 0. The summed E-state index contributed by atoms with van der Waals surface area (Å²) >= 11 is 8.50. The van der Waals surface area contributed by atoms with Crippen molar-refractivity contribution in [1.29, 1.82) is 0 Å². The van der Waals surface area contributed by atoms with Gasteiger partial charge in [-0.3, -0.25) is 0 Å². The SMILES string of the molecule is CC(C)(C)c1cc(-c2nnc(-c3ccc(C(=O)O)cc3)o2)cc(C(C)(C)C)c1.Cc1ccc(-c2nnc(-c3ccc(C(=O)O)cc3)o2)cc1I.Cc1cccc(-c2nnc(-c3ccc(C(=O)O)cc3)o2)c1C.Cc1cccc(-c2nnc(-c3ccc(C(=O)O)cc3)o2)c1Cl.Cc1cccc(C)c1-c1nnc(-c2ccc(C(=O)O)cc2)o1.O=C(O)c1ccc(-c2nnc(-c3ccccc3F)o2)cc1. The Hall–Kier alpha value is -16.8. The summed E-state index contributed by atoms with van der Waals surface area (Å²) in [6.45, 7) is 25.1. The molecule has 6 heterocycles. The van der Waals surface area contributed by atoms with Crippen molar-refractivity contribution in [3.63, 3.8) is 0 Å². The highest BCUT2D eigenvalue weighted by atomic mass is 127. The maximum absolute atomic E-state index is 13.6. The molecule has 0 spiro atoms. The third-order valence-corrected chi connectivity index (χ3v) is 22.9. The number of aromatic nitrogens is 12. The minimum absolute atomic E-state index is 0.00841. The molecule has 6 aromatic heterocycles. The van der Waals surface area contributed by atoms with Crippen LogP contribution in [0, 0.1) is 50.9 Å². The maximum Gasteiger partial charge on any atom is 0.335 e. The zero-order valence-corrected chi connectivity index (χ0v) is 78.3. The van der Waals surface area contributed by atoms with Crippen LogP contribution in [0.15, 0.2) is 287 Å². The number of halogens is 3. The molecule has 18 aromatic rings. The first-order valence-electron chi connectivity index (χ1n) is 41.9. The van der Waals surface area contributed by atoms with Gasteiger partial charge in [0.05, 0.1) is 49.5 Å².